The second-order valence-electron chi connectivity index (χ2n) is 3.24. The Hall–Kier alpha value is -1.75. The number of nitrogens with zero attached hydrogens (tertiary/aromatic N) is 4. The molecule has 78 valence electrons. The van der Waals surface area contributed by atoms with Crippen LogP contribution in [-0.4, -0.2) is 19.7 Å². The molecule has 15 heavy (non-hydrogen) atoms. The number of rotatable bonds is 4. The highest BCUT2D eigenvalue weighted by atomic mass is 15.3. The molecule has 0 aliphatic carbocycles. The first kappa shape index (κ1) is 9.79. The predicted octanol–water partition coefficient (Wildman–Crippen LogP) is 0.374. The Morgan fingerprint density at radius 2 is 2.33 bits per heavy atom. The number of aromatic nitrogens is 4. The van der Waals surface area contributed by atoms with Crippen molar-refractivity contribution in [2.75, 3.05) is 0 Å². The largest absolute Gasteiger partial charge is 0.324 e. The monoisotopic (exact) mass is 203 g/mol. The predicted molar refractivity (Wildman–Crippen MR) is 55.9 cm³/mol. The Labute approximate surface area is 88.0 Å². The summed E-state index contributed by atoms with van der Waals surface area (Å²) in [6, 6.07) is 3.98. The molecule has 0 aliphatic rings. The molecule has 2 aromatic heterocycles. The van der Waals surface area contributed by atoms with Crippen molar-refractivity contribution >= 4 is 0 Å². The van der Waals surface area contributed by atoms with Gasteiger partial charge in [-0.15, -0.1) is 0 Å². The van der Waals surface area contributed by atoms with Gasteiger partial charge in [0, 0.05) is 18.9 Å². The van der Waals surface area contributed by atoms with Gasteiger partial charge in [0.2, 0.25) is 0 Å². The molecule has 0 amide bonds. The maximum absolute atomic E-state index is 5.42. The van der Waals surface area contributed by atoms with Crippen LogP contribution in [0.5, 0.6) is 0 Å². The maximum Gasteiger partial charge on any atom is 0.164 e. The molecule has 2 heterocycles. The van der Waals surface area contributed by atoms with Crippen LogP contribution in [0.15, 0.2) is 30.9 Å². The molecule has 5 nitrogen and oxygen atoms in total. The minimum Gasteiger partial charge on any atom is -0.324 e. The van der Waals surface area contributed by atoms with Gasteiger partial charge in [-0.3, -0.25) is 9.67 Å². The summed E-state index contributed by atoms with van der Waals surface area (Å²) in [5.74, 6) is 0.682. The van der Waals surface area contributed by atoms with E-state index in [1.54, 1.807) is 17.2 Å². The number of pyridine rings is 1. The molecule has 0 saturated carbocycles. The molecule has 5 heteroatoms. The number of hydrogen-bond donors (Lipinski definition) is 1. The third-order valence-corrected chi connectivity index (χ3v) is 2.12. The van der Waals surface area contributed by atoms with Crippen molar-refractivity contribution in [3.63, 3.8) is 0 Å². The van der Waals surface area contributed by atoms with E-state index >= 15 is 0 Å². The molecule has 0 radical (unpaired) electrons. The van der Waals surface area contributed by atoms with Crippen molar-refractivity contribution in [3.05, 3.63) is 42.2 Å². The normalized spacial score (nSPS) is 10.5. The first-order chi connectivity index (χ1) is 7.38. The molecule has 0 unspecified atom stereocenters. The van der Waals surface area contributed by atoms with E-state index in [-0.39, 0.29) is 0 Å². The fourth-order valence-corrected chi connectivity index (χ4v) is 1.32. The highest BCUT2D eigenvalue weighted by Gasteiger charge is 1.98. The highest BCUT2D eigenvalue weighted by molar-refractivity contribution is 5.08. The van der Waals surface area contributed by atoms with Crippen molar-refractivity contribution in [1.29, 1.82) is 0 Å². The average molecular weight is 203 g/mol. The Kier molecular flexibility index (Phi) is 3.04. The van der Waals surface area contributed by atoms with Gasteiger partial charge in [-0.1, -0.05) is 6.07 Å². The summed E-state index contributed by atoms with van der Waals surface area (Å²) in [6.45, 7) is 1.19. The molecule has 0 atom stereocenters. The smallest absolute Gasteiger partial charge is 0.164 e. The summed E-state index contributed by atoms with van der Waals surface area (Å²) in [5, 5.41) is 4.20. The molecule has 0 saturated heterocycles. The van der Waals surface area contributed by atoms with E-state index in [1.165, 1.54) is 5.56 Å². The first-order valence-electron chi connectivity index (χ1n) is 4.86. The zero-order valence-electron chi connectivity index (χ0n) is 8.37. The summed E-state index contributed by atoms with van der Waals surface area (Å²) in [4.78, 5) is 8.11. The minimum absolute atomic E-state index is 0.389. The molecule has 0 bridgehead atoms. The summed E-state index contributed by atoms with van der Waals surface area (Å²) < 4.78 is 1.80. The lowest BCUT2D eigenvalue weighted by Crippen LogP contribution is -2.04. The molecule has 0 spiro atoms. The third kappa shape index (κ3) is 2.60. The van der Waals surface area contributed by atoms with Gasteiger partial charge in [0.05, 0.1) is 6.54 Å². The lowest BCUT2D eigenvalue weighted by Gasteiger charge is -1.99. The topological polar surface area (TPSA) is 69.6 Å². The van der Waals surface area contributed by atoms with Gasteiger partial charge in [-0.25, -0.2) is 4.98 Å². The molecular weight excluding hydrogens is 190 g/mol. The number of hydrogen-bond acceptors (Lipinski definition) is 4. The van der Waals surface area contributed by atoms with Crippen molar-refractivity contribution in [1.82, 2.24) is 19.7 Å². The van der Waals surface area contributed by atoms with E-state index in [4.69, 9.17) is 5.73 Å². The summed E-state index contributed by atoms with van der Waals surface area (Å²) >= 11 is 0. The Morgan fingerprint density at radius 3 is 3.00 bits per heavy atom. The molecule has 0 aromatic carbocycles. The van der Waals surface area contributed by atoms with Crippen molar-refractivity contribution in [2.45, 2.75) is 19.5 Å². The van der Waals surface area contributed by atoms with E-state index in [0.717, 1.165) is 13.0 Å². The molecule has 2 aromatic rings. The standard InChI is InChI=1S/C10H13N5/c11-6-10-13-8-15(14-10)5-3-9-2-1-4-12-7-9/h1-2,4,7-8H,3,5-6,11H2. The van der Waals surface area contributed by atoms with E-state index < -0.39 is 0 Å². The van der Waals surface area contributed by atoms with Gasteiger partial charge in [0.1, 0.15) is 6.33 Å². The molecular formula is C10H13N5. The Bertz CT molecular complexity index is 409. The highest BCUT2D eigenvalue weighted by Crippen LogP contribution is 1.99. The minimum atomic E-state index is 0.389. The number of aryl methyl sites for hydroxylation is 2. The van der Waals surface area contributed by atoms with Crippen LogP contribution in [0.2, 0.25) is 0 Å². The van der Waals surface area contributed by atoms with Crippen LogP contribution in [0.4, 0.5) is 0 Å². The zero-order chi connectivity index (χ0) is 10.5. The van der Waals surface area contributed by atoms with Crippen molar-refractivity contribution in [2.24, 2.45) is 5.73 Å². The van der Waals surface area contributed by atoms with E-state index in [2.05, 4.69) is 15.1 Å². The van der Waals surface area contributed by atoms with E-state index in [0.29, 0.717) is 12.4 Å². The van der Waals surface area contributed by atoms with Gasteiger partial charge in [-0.05, 0) is 18.1 Å². The zero-order valence-corrected chi connectivity index (χ0v) is 8.37. The van der Waals surface area contributed by atoms with Gasteiger partial charge in [-0.2, -0.15) is 5.10 Å². The third-order valence-electron chi connectivity index (χ3n) is 2.12. The SMILES string of the molecule is NCc1ncn(CCc2cccnc2)n1. The first-order valence-corrected chi connectivity index (χ1v) is 4.86. The Morgan fingerprint density at radius 1 is 1.40 bits per heavy atom. The lowest BCUT2D eigenvalue weighted by atomic mass is 10.2. The summed E-state index contributed by atoms with van der Waals surface area (Å²) in [6.07, 6.45) is 6.24. The Balaban J connectivity index is 1.93. The second-order valence-corrected chi connectivity index (χ2v) is 3.24. The summed E-state index contributed by atoms with van der Waals surface area (Å²) in [5.41, 5.74) is 6.62. The van der Waals surface area contributed by atoms with E-state index in [9.17, 15) is 0 Å². The molecule has 0 fully saturated rings. The van der Waals surface area contributed by atoms with Crippen LogP contribution < -0.4 is 5.73 Å². The van der Waals surface area contributed by atoms with Crippen LogP contribution in [0.25, 0.3) is 0 Å². The maximum atomic E-state index is 5.42. The van der Waals surface area contributed by atoms with Crippen molar-refractivity contribution in [3.8, 4) is 0 Å². The lowest BCUT2D eigenvalue weighted by molar-refractivity contribution is 0.604. The summed E-state index contributed by atoms with van der Waals surface area (Å²) in [7, 11) is 0. The quantitative estimate of drug-likeness (QED) is 0.779. The molecule has 2 rings (SSSR count). The van der Waals surface area contributed by atoms with Gasteiger partial charge < -0.3 is 5.73 Å². The second kappa shape index (κ2) is 4.65. The van der Waals surface area contributed by atoms with Gasteiger partial charge >= 0.3 is 0 Å². The van der Waals surface area contributed by atoms with Crippen LogP contribution in [0.1, 0.15) is 11.4 Å². The van der Waals surface area contributed by atoms with Crippen LogP contribution in [0, 0.1) is 0 Å². The van der Waals surface area contributed by atoms with Gasteiger partial charge in [0.25, 0.3) is 0 Å². The average Bonchev–Trinajstić information content (AvgIpc) is 2.76. The van der Waals surface area contributed by atoms with Crippen LogP contribution in [-0.2, 0) is 19.5 Å². The fraction of sp³-hybridized carbons (Fsp3) is 0.300. The number of nitrogens with two attached hydrogens (primary N) is 1. The molecule has 0 aliphatic heterocycles. The van der Waals surface area contributed by atoms with Gasteiger partial charge in [0.15, 0.2) is 5.82 Å². The van der Waals surface area contributed by atoms with Crippen LogP contribution >= 0.6 is 0 Å². The van der Waals surface area contributed by atoms with E-state index in [1.807, 2.05) is 18.3 Å². The molecule has 2 N–H and O–H groups in total. The van der Waals surface area contributed by atoms with Crippen molar-refractivity contribution < 1.29 is 0 Å². The fourth-order valence-electron chi connectivity index (χ4n) is 1.32. The van der Waals surface area contributed by atoms with Crippen LogP contribution in [0.3, 0.4) is 0 Å².